The van der Waals surface area contributed by atoms with Gasteiger partial charge in [-0.25, -0.2) is 14.4 Å². The van der Waals surface area contributed by atoms with Gasteiger partial charge in [-0.3, -0.25) is 9.69 Å². The van der Waals surface area contributed by atoms with Gasteiger partial charge in [-0.05, 0) is 44.5 Å². The van der Waals surface area contributed by atoms with Crippen molar-refractivity contribution < 1.29 is 13.9 Å². The summed E-state index contributed by atoms with van der Waals surface area (Å²) >= 11 is 0. The Labute approximate surface area is 180 Å². The number of nitrogens with one attached hydrogen (secondary N) is 2. The summed E-state index contributed by atoms with van der Waals surface area (Å²) in [6.07, 6.45) is 3.08. The molecule has 1 aliphatic rings. The molecule has 1 aromatic heterocycles. The topological polar surface area (TPSA) is 79.4 Å². The van der Waals surface area contributed by atoms with Crippen molar-refractivity contribution in [1.29, 1.82) is 0 Å². The van der Waals surface area contributed by atoms with Crippen molar-refractivity contribution in [3.8, 4) is 5.75 Å². The minimum absolute atomic E-state index is 0.0235. The minimum atomic E-state index is -0.478. The molecule has 162 valence electrons. The molecule has 8 heteroatoms. The zero-order valence-electron chi connectivity index (χ0n) is 18.1. The lowest BCUT2D eigenvalue weighted by atomic mass is 10.1. The van der Waals surface area contributed by atoms with Gasteiger partial charge in [0.1, 0.15) is 29.3 Å². The smallest absolute Gasteiger partial charge is 0.240 e. The molecular formula is C23H26FN5O2. The SMILES string of the molecule is CNC(=O)C1(N(C)Cc2cc3c(Nc4cccc(C)c4F)ncnc3cc2OC)CC1. The molecule has 0 radical (unpaired) electrons. The maximum atomic E-state index is 14.5. The Morgan fingerprint density at radius 3 is 2.74 bits per heavy atom. The largest absolute Gasteiger partial charge is 0.496 e. The van der Waals surface area contributed by atoms with Crippen LogP contribution >= 0.6 is 0 Å². The van der Waals surface area contributed by atoms with Crippen LogP contribution in [0.15, 0.2) is 36.7 Å². The van der Waals surface area contributed by atoms with Gasteiger partial charge in [-0.2, -0.15) is 0 Å². The highest BCUT2D eigenvalue weighted by Crippen LogP contribution is 2.42. The van der Waals surface area contributed by atoms with Crippen LogP contribution in [0.4, 0.5) is 15.9 Å². The van der Waals surface area contributed by atoms with E-state index in [0.717, 1.165) is 23.8 Å². The number of rotatable bonds is 7. The second-order valence-corrected chi connectivity index (χ2v) is 7.93. The van der Waals surface area contributed by atoms with Crippen molar-refractivity contribution in [2.24, 2.45) is 0 Å². The number of hydrogen-bond acceptors (Lipinski definition) is 6. The first-order valence-corrected chi connectivity index (χ1v) is 10.2. The molecule has 0 saturated heterocycles. The first-order chi connectivity index (χ1) is 14.9. The number of aryl methyl sites for hydroxylation is 1. The Morgan fingerprint density at radius 1 is 1.29 bits per heavy atom. The number of benzene rings is 2. The van der Waals surface area contributed by atoms with Crippen molar-refractivity contribution in [3.63, 3.8) is 0 Å². The number of carbonyl (C=O) groups is 1. The summed E-state index contributed by atoms with van der Waals surface area (Å²) in [4.78, 5) is 23.1. The van der Waals surface area contributed by atoms with E-state index in [9.17, 15) is 9.18 Å². The predicted molar refractivity (Wildman–Crippen MR) is 118 cm³/mol. The lowest BCUT2D eigenvalue weighted by Gasteiger charge is -2.27. The summed E-state index contributed by atoms with van der Waals surface area (Å²) in [5, 5.41) is 6.61. The van der Waals surface area contributed by atoms with Crippen LogP contribution in [-0.2, 0) is 11.3 Å². The van der Waals surface area contributed by atoms with Crippen LogP contribution in [0, 0.1) is 12.7 Å². The number of amides is 1. The summed E-state index contributed by atoms with van der Waals surface area (Å²) in [5.74, 6) is 0.895. The van der Waals surface area contributed by atoms with Gasteiger partial charge in [0.05, 0.1) is 18.3 Å². The molecule has 0 unspecified atom stereocenters. The van der Waals surface area contributed by atoms with Gasteiger partial charge >= 0.3 is 0 Å². The number of halogens is 1. The van der Waals surface area contributed by atoms with Crippen molar-refractivity contribution in [3.05, 3.63) is 53.6 Å². The van der Waals surface area contributed by atoms with Crippen LogP contribution in [0.3, 0.4) is 0 Å². The molecule has 0 bridgehead atoms. The van der Waals surface area contributed by atoms with E-state index in [0.29, 0.717) is 34.9 Å². The molecule has 1 saturated carbocycles. The van der Waals surface area contributed by atoms with Crippen molar-refractivity contribution in [2.75, 3.05) is 26.5 Å². The maximum Gasteiger partial charge on any atom is 0.240 e. The van der Waals surface area contributed by atoms with Crippen LogP contribution in [-0.4, -0.2) is 47.5 Å². The van der Waals surface area contributed by atoms with Crippen molar-refractivity contribution in [2.45, 2.75) is 31.8 Å². The average Bonchev–Trinajstić information content (AvgIpc) is 3.58. The number of anilines is 2. The zero-order valence-corrected chi connectivity index (χ0v) is 18.1. The second kappa shape index (κ2) is 8.11. The number of aromatic nitrogens is 2. The zero-order chi connectivity index (χ0) is 22.2. The highest BCUT2D eigenvalue weighted by atomic mass is 19.1. The normalized spacial score (nSPS) is 14.5. The molecule has 2 aromatic carbocycles. The van der Waals surface area contributed by atoms with Crippen LogP contribution in [0.5, 0.6) is 5.75 Å². The van der Waals surface area contributed by atoms with E-state index in [2.05, 4.69) is 20.6 Å². The molecule has 3 aromatic rings. The standard InChI is InChI=1S/C23H26FN5O2/c1-14-6-5-7-17(20(14)24)28-21-16-10-15(19(31-4)11-18(16)26-13-27-21)12-29(3)23(8-9-23)22(30)25-2/h5-7,10-11,13H,8-9,12H2,1-4H3,(H,25,30)(H,26,27,28). The van der Waals surface area contributed by atoms with Gasteiger partial charge in [0, 0.05) is 30.6 Å². The fraction of sp³-hybridized carbons (Fsp3) is 0.348. The molecule has 4 rings (SSSR count). The van der Waals surface area contributed by atoms with Gasteiger partial charge < -0.3 is 15.4 Å². The van der Waals surface area contributed by atoms with E-state index in [1.54, 1.807) is 39.3 Å². The van der Waals surface area contributed by atoms with Crippen LogP contribution in [0.25, 0.3) is 10.9 Å². The third-order valence-electron chi connectivity index (χ3n) is 5.99. The Balaban J connectivity index is 1.72. The number of nitrogens with zero attached hydrogens (tertiary/aromatic N) is 3. The molecule has 1 aliphatic carbocycles. The monoisotopic (exact) mass is 423 g/mol. The Kier molecular flexibility index (Phi) is 5.49. The van der Waals surface area contributed by atoms with Crippen molar-refractivity contribution >= 4 is 28.3 Å². The lowest BCUT2D eigenvalue weighted by Crippen LogP contribution is -2.45. The molecule has 1 heterocycles. The van der Waals surface area contributed by atoms with E-state index in [1.165, 1.54) is 6.33 Å². The molecule has 2 N–H and O–H groups in total. The third kappa shape index (κ3) is 3.79. The van der Waals surface area contributed by atoms with E-state index in [-0.39, 0.29) is 11.7 Å². The van der Waals surface area contributed by atoms with Crippen LogP contribution < -0.4 is 15.4 Å². The highest BCUT2D eigenvalue weighted by molar-refractivity contribution is 5.92. The number of likely N-dealkylation sites (N-methyl/N-ethyl adjacent to an activating group) is 2. The first-order valence-electron chi connectivity index (χ1n) is 10.2. The fourth-order valence-corrected chi connectivity index (χ4v) is 3.95. The molecule has 1 fully saturated rings. The maximum absolute atomic E-state index is 14.5. The molecule has 1 amide bonds. The highest BCUT2D eigenvalue weighted by Gasteiger charge is 2.52. The van der Waals surface area contributed by atoms with Gasteiger partial charge in [-0.1, -0.05) is 12.1 Å². The van der Waals surface area contributed by atoms with E-state index in [4.69, 9.17) is 4.74 Å². The fourth-order valence-electron chi connectivity index (χ4n) is 3.95. The summed E-state index contributed by atoms with van der Waals surface area (Å²) in [5.41, 5.74) is 2.01. The number of fused-ring (bicyclic) bond motifs is 1. The van der Waals surface area contributed by atoms with Gasteiger partial charge in [-0.15, -0.1) is 0 Å². The lowest BCUT2D eigenvalue weighted by molar-refractivity contribution is -0.127. The Hall–Kier alpha value is -3.26. The molecule has 0 aliphatic heterocycles. The molecule has 0 atom stereocenters. The van der Waals surface area contributed by atoms with Gasteiger partial charge in [0.15, 0.2) is 0 Å². The quantitative estimate of drug-likeness (QED) is 0.605. The average molecular weight is 423 g/mol. The van der Waals surface area contributed by atoms with Crippen LogP contribution in [0.2, 0.25) is 0 Å². The predicted octanol–water partition coefficient (Wildman–Crippen LogP) is 3.54. The van der Waals surface area contributed by atoms with E-state index < -0.39 is 5.54 Å². The minimum Gasteiger partial charge on any atom is -0.496 e. The molecule has 7 nitrogen and oxygen atoms in total. The number of carbonyl (C=O) groups excluding carboxylic acids is 1. The number of methoxy groups -OCH3 is 1. The Morgan fingerprint density at radius 2 is 2.06 bits per heavy atom. The second-order valence-electron chi connectivity index (χ2n) is 7.93. The summed E-state index contributed by atoms with van der Waals surface area (Å²) < 4.78 is 20.1. The van der Waals surface area contributed by atoms with Gasteiger partial charge in [0.2, 0.25) is 5.91 Å². The number of hydrogen-bond donors (Lipinski definition) is 2. The molecule has 0 spiro atoms. The van der Waals surface area contributed by atoms with E-state index >= 15 is 0 Å². The van der Waals surface area contributed by atoms with Gasteiger partial charge in [0.25, 0.3) is 0 Å². The molecular weight excluding hydrogens is 397 g/mol. The summed E-state index contributed by atoms with van der Waals surface area (Å²) in [7, 11) is 5.21. The van der Waals surface area contributed by atoms with E-state index in [1.807, 2.05) is 24.1 Å². The third-order valence-corrected chi connectivity index (χ3v) is 5.99. The van der Waals surface area contributed by atoms with Crippen LogP contribution in [0.1, 0.15) is 24.0 Å². The summed E-state index contributed by atoms with van der Waals surface area (Å²) in [6, 6.07) is 8.98. The first kappa shape index (κ1) is 21.0. The van der Waals surface area contributed by atoms with Crippen molar-refractivity contribution in [1.82, 2.24) is 20.2 Å². The summed E-state index contributed by atoms with van der Waals surface area (Å²) in [6.45, 7) is 2.23. The molecule has 31 heavy (non-hydrogen) atoms. The Bertz CT molecular complexity index is 1150. The number of ether oxygens (including phenoxy) is 1.